The van der Waals surface area contributed by atoms with Crippen molar-refractivity contribution in [1.82, 2.24) is 4.90 Å². The van der Waals surface area contributed by atoms with Crippen LogP contribution in [-0.2, 0) is 21.5 Å². The maximum atomic E-state index is 13.0. The van der Waals surface area contributed by atoms with Gasteiger partial charge >= 0.3 is 6.09 Å². The lowest BCUT2D eigenvalue weighted by Crippen LogP contribution is -2.50. The van der Waals surface area contributed by atoms with Crippen molar-refractivity contribution in [2.24, 2.45) is 0 Å². The van der Waals surface area contributed by atoms with Gasteiger partial charge in [-0.2, -0.15) is 0 Å². The Morgan fingerprint density at radius 2 is 2.07 bits per heavy atom. The Morgan fingerprint density at radius 1 is 1.32 bits per heavy atom. The van der Waals surface area contributed by atoms with Gasteiger partial charge in [-0.25, -0.2) is 4.79 Å². The minimum atomic E-state index is -0.513. The lowest BCUT2D eigenvalue weighted by atomic mass is 9.80. The number of nitrogens with zero attached hydrogens (tertiary/aromatic N) is 1. The molecule has 6 heteroatoms. The molecule has 0 aliphatic carbocycles. The van der Waals surface area contributed by atoms with E-state index < -0.39 is 5.60 Å². The van der Waals surface area contributed by atoms with Gasteiger partial charge in [0.05, 0.1) is 16.4 Å². The van der Waals surface area contributed by atoms with Gasteiger partial charge in [-0.3, -0.25) is 0 Å². The van der Waals surface area contributed by atoms with Crippen LogP contribution in [0.1, 0.15) is 55.7 Å². The number of piperidine rings is 1. The normalized spacial score (nSPS) is 24.9. The third kappa shape index (κ3) is 3.87. The second-order valence-electron chi connectivity index (χ2n) is 8.55. The molecule has 150 valence electrons. The molecule has 2 aliphatic heterocycles. The lowest BCUT2D eigenvalue weighted by molar-refractivity contribution is -0.111. The van der Waals surface area contributed by atoms with Crippen LogP contribution in [0.3, 0.4) is 0 Å². The van der Waals surface area contributed by atoms with Crippen LogP contribution >= 0.6 is 27.3 Å². The molecule has 28 heavy (non-hydrogen) atoms. The van der Waals surface area contributed by atoms with Crippen molar-refractivity contribution in [3.8, 4) is 0 Å². The molecule has 1 aromatic carbocycles. The van der Waals surface area contributed by atoms with Crippen LogP contribution in [-0.4, -0.2) is 29.7 Å². The van der Waals surface area contributed by atoms with Gasteiger partial charge in [0, 0.05) is 17.8 Å². The smallest absolute Gasteiger partial charge is 0.410 e. The summed E-state index contributed by atoms with van der Waals surface area (Å²) >= 11 is 5.42. The minimum Gasteiger partial charge on any atom is -0.444 e. The quantitative estimate of drug-likeness (QED) is 0.516. The third-order valence-electron chi connectivity index (χ3n) is 5.41. The molecule has 4 nitrogen and oxygen atoms in total. The number of rotatable bonds is 1. The zero-order chi connectivity index (χ0) is 19.9. The van der Waals surface area contributed by atoms with E-state index in [4.69, 9.17) is 9.47 Å². The summed E-state index contributed by atoms with van der Waals surface area (Å²) in [5.74, 6) is 0. The van der Waals surface area contributed by atoms with Crippen molar-refractivity contribution in [3.05, 3.63) is 56.2 Å². The van der Waals surface area contributed by atoms with Crippen molar-refractivity contribution < 1.29 is 14.3 Å². The second-order valence-corrected chi connectivity index (χ2v) is 11.0. The standard InChI is InChI=1S/C22H26BrNO3S/c1-21(2,3)27-20(25)24-11-10-22(14-17(24)15-7-5-4-6-8-15)19-16(9-12-26-22)13-18(23)28-19/h4-8,13,17H,9-12,14H2,1-3H3. The van der Waals surface area contributed by atoms with Gasteiger partial charge in [-0.15, -0.1) is 11.3 Å². The van der Waals surface area contributed by atoms with Gasteiger partial charge in [-0.1, -0.05) is 30.3 Å². The van der Waals surface area contributed by atoms with Gasteiger partial charge in [0.15, 0.2) is 0 Å². The highest BCUT2D eigenvalue weighted by atomic mass is 79.9. The van der Waals surface area contributed by atoms with Crippen LogP contribution < -0.4 is 0 Å². The number of likely N-dealkylation sites (tertiary alicyclic amines) is 1. The molecule has 2 atom stereocenters. The van der Waals surface area contributed by atoms with E-state index in [0.717, 1.165) is 35.2 Å². The highest BCUT2D eigenvalue weighted by molar-refractivity contribution is 9.11. The molecule has 3 heterocycles. The Balaban J connectivity index is 1.69. The van der Waals surface area contributed by atoms with E-state index in [9.17, 15) is 4.79 Å². The number of hydrogen-bond donors (Lipinski definition) is 0. The fourth-order valence-electron chi connectivity index (χ4n) is 4.22. The monoisotopic (exact) mass is 463 g/mol. The predicted octanol–water partition coefficient (Wildman–Crippen LogP) is 6.05. The van der Waals surface area contributed by atoms with Crippen molar-refractivity contribution >= 4 is 33.4 Å². The van der Waals surface area contributed by atoms with Crippen LogP contribution in [0.25, 0.3) is 0 Å². The number of amides is 1. The lowest BCUT2D eigenvalue weighted by Gasteiger charge is -2.48. The first-order valence-electron chi connectivity index (χ1n) is 9.75. The Bertz CT molecular complexity index is 860. The van der Waals surface area contributed by atoms with Gasteiger partial charge < -0.3 is 14.4 Å². The molecule has 1 amide bonds. The number of halogens is 1. The van der Waals surface area contributed by atoms with Crippen molar-refractivity contribution in [1.29, 1.82) is 0 Å². The molecule has 2 aliphatic rings. The zero-order valence-electron chi connectivity index (χ0n) is 16.5. The first-order chi connectivity index (χ1) is 13.3. The molecule has 0 bridgehead atoms. The van der Waals surface area contributed by atoms with Gasteiger partial charge in [0.1, 0.15) is 11.2 Å². The fraction of sp³-hybridized carbons (Fsp3) is 0.500. The van der Waals surface area contributed by atoms with Crippen LogP contribution in [0, 0.1) is 0 Å². The van der Waals surface area contributed by atoms with Gasteiger partial charge in [0.25, 0.3) is 0 Å². The Kier molecular flexibility index (Phi) is 5.31. The van der Waals surface area contributed by atoms with E-state index >= 15 is 0 Å². The molecule has 0 N–H and O–H groups in total. The topological polar surface area (TPSA) is 38.8 Å². The average Bonchev–Trinajstić information content (AvgIpc) is 3.03. The predicted molar refractivity (Wildman–Crippen MR) is 115 cm³/mol. The maximum Gasteiger partial charge on any atom is 0.410 e. The van der Waals surface area contributed by atoms with E-state index in [1.165, 1.54) is 10.4 Å². The van der Waals surface area contributed by atoms with Crippen LogP contribution in [0.4, 0.5) is 4.79 Å². The molecular formula is C22H26BrNO3S. The Labute approximate surface area is 179 Å². The molecule has 1 fully saturated rings. The summed E-state index contributed by atoms with van der Waals surface area (Å²) in [4.78, 5) is 16.2. The summed E-state index contributed by atoms with van der Waals surface area (Å²) in [6.45, 7) is 7.07. The molecule has 1 aromatic heterocycles. The molecule has 1 spiro atoms. The first kappa shape index (κ1) is 19.9. The van der Waals surface area contributed by atoms with E-state index in [2.05, 4.69) is 34.1 Å². The molecule has 1 saturated heterocycles. The van der Waals surface area contributed by atoms with Crippen LogP contribution in [0.5, 0.6) is 0 Å². The van der Waals surface area contributed by atoms with Crippen LogP contribution in [0.15, 0.2) is 40.2 Å². The number of hydrogen-bond acceptors (Lipinski definition) is 4. The number of fused-ring (bicyclic) bond motifs is 2. The second kappa shape index (κ2) is 7.47. The number of ether oxygens (including phenoxy) is 2. The Morgan fingerprint density at radius 3 is 2.79 bits per heavy atom. The number of benzene rings is 1. The number of carbonyl (C=O) groups excluding carboxylic acids is 1. The molecular weight excluding hydrogens is 438 g/mol. The van der Waals surface area contributed by atoms with Crippen molar-refractivity contribution in [3.63, 3.8) is 0 Å². The highest BCUT2D eigenvalue weighted by Gasteiger charge is 2.48. The molecule has 0 saturated carbocycles. The van der Waals surface area contributed by atoms with E-state index in [0.29, 0.717) is 6.54 Å². The molecule has 2 unspecified atom stereocenters. The fourth-order valence-corrected chi connectivity index (χ4v) is 6.10. The average molecular weight is 464 g/mol. The van der Waals surface area contributed by atoms with Crippen LogP contribution in [0.2, 0.25) is 0 Å². The zero-order valence-corrected chi connectivity index (χ0v) is 18.9. The maximum absolute atomic E-state index is 13.0. The first-order valence-corrected chi connectivity index (χ1v) is 11.4. The van der Waals surface area contributed by atoms with Crippen molar-refractivity contribution in [2.45, 2.75) is 57.3 Å². The SMILES string of the molecule is CC(C)(C)OC(=O)N1CCC2(CC1c1ccccc1)OCCc1cc(Br)sc12. The van der Waals surface area contributed by atoms with E-state index in [1.54, 1.807) is 11.3 Å². The largest absolute Gasteiger partial charge is 0.444 e. The molecule has 4 rings (SSSR count). The van der Waals surface area contributed by atoms with Gasteiger partial charge in [0.2, 0.25) is 0 Å². The molecule has 2 aromatic rings. The van der Waals surface area contributed by atoms with E-state index in [-0.39, 0.29) is 17.7 Å². The summed E-state index contributed by atoms with van der Waals surface area (Å²) in [7, 11) is 0. The minimum absolute atomic E-state index is 0.0726. The number of carbonyl (C=O) groups is 1. The highest BCUT2D eigenvalue weighted by Crippen LogP contribution is 2.51. The van der Waals surface area contributed by atoms with Crippen molar-refractivity contribution in [2.75, 3.05) is 13.2 Å². The summed E-state index contributed by atoms with van der Waals surface area (Å²) in [6, 6.07) is 12.4. The summed E-state index contributed by atoms with van der Waals surface area (Å²) < 4.78 is 13.3. The summed E-state index contributed by atoms with van der Waals surface area (Å²) in [6.07, 6.45) is 2.23. The van der Waals surface area contributed by atoms with E-state index in [1.807, 2.05) is 43.9 Å². The summed E-state index contributed by atoms with van der Waals surface area (Å²) in [5, 5.41) is 0. The van der Waals surface area contributed by atoms with Gasteiger partial charge in [-0.05, 0) is 66.7 Å². The molecule has 0 radical (unpaired) electrons. The third-order valence-corrected chi connectivity index (χ3v) is 7.28. The number of thiophene rings is 1. The summed E-state index contributed by atoms with van der Waals surface area (Å²) in [5.41, 5.74) is 1.66. The Hall–Kier alpha value is -1.37.